The maximum Gasteiger partial charge on any atom is 0.418 e. The first-order valence-electron chi connectivity index (χ1n) is 3.42. The van der Waals surface area contributed by atoms with Crippen molar-refractivity contribution >= 4 is 11.6 Å². The highest BCUT2D eigenvalue weighted by Gasteiger charge is 2.35. The molecule has 0 fully saturated rings. The Morgan fingerprint density at radius 3 is 2.31 bits per heavy atom. The molecule has 0 bridgehead atoms. The third-order valence-corrected chi connectivity index (χ3v) is 1.87. The predicted octanol–water partition coefficient (Wildman–Crippen LogP) is 2.93. The second-order valence-corrected chi connectivity index (χ2v) is 2.84. The van der Waals surface area contributed by atoms with Gasteiger partial charge in [-0.25, -0.2) is 0 Å². The maximum absolute atomic E-state index is 12.3. The Hall–Kier alpha value is -0.740. The fraction of sp³-hybridized carbons (Fsp3) is 0.250. The number of rotatable bonds is 1. The van der Waals surface area contributed by atoms with Gasteiger partial charge in [-0.15, -0.1) is 5.73 Å². The zero-order valence-electron chi connectivity index (χ0n) is 6.40. The molecule has 0 saturated heterocycles. The van der Waals surface area contributed by atoms with Crippen LogP contribution < -0.4 is 5.73 Å². The van der Waals surface area contributed by atoms with Crippen LogP contribution in [0.2, 0.25) is 5.02 Å². The summed E-state index contributed by atoms with van der Waals surface area (Å²) < 4.78 is 36.9. The van der Waals surface area contributed by atoms with Crippen LogP contribution in [0.5, 0.6) is 0 Å². The summed E-state index contributed by atoms with van der Waals surface area (Å²) >= 11 is 5.36. The molecule has 1 aromatic carbocycles. The van der Waals surface area contributed by atoms with E-state index in [4.69, 9.17) is 17.3 Å². The van der Waals surface area contributed by atoms with E-state index in [1.54, 1.807) is 0 Å². The minimum atomic E-state index is -4.52. The monoisotopic (exact) mass is 207 g/mol. The summed E-state index contributed by atoms with van der Waals surface area (Å²) in [5.41, 5.74) is 7.48. The summed E-state index contributed by atoms with van der Waals surface area (Å²) in [5.74, 6) is 0. The molecule has 0 aliphatic rings. The van der Waals surface area contributed by atoms with Crippen molar-refractivity contribution in [3.63, 3.8) is 0 Å². The van der Waals surface area contributed by atoms with Gasteiger partial charge < -0.3 is 0 Å². The van der Waals surface area contributed by atoms with Gasteiger partial charge in [-0.1, -0.05) is 23.7 Å². The Morgan fingerprint density at radius 2 is 1.92 bits per heavy atom. The quantitative estimate of drug-likeness (QED) is 0.676. The van der Waals surface area contributed by atoms with E-state index < -0.39 is 18.3 Å². The van der Waals surface area contributed by atoms with E-state index in [2.05, 4.69) is 0 Å². The average Bonchev–Trinajstić information content (AvgIpc) is 2.01. The number of hydrogen-bond acceptors (Lipinski definition) is 0. The number of nitrogens with zero attached hydrogens (tertiary/aromatic N) is 1. The molecule has 1 nitrogen and oxygen atoms in total. The van der Waals surface area contributed by atoms with Gasteiger partial charge in [-0.2, -0.15) is 13.2 Å². The third kappa shape index (κ3) is 2.14. The molecule has 0 aliphatic carbocycles. The van der Waals surface area contributed by atoms with Crippen molar-refractivity contribution in [1.29, 1.82) is 0 Å². The van der Waals surface area contributed by atoms with Gasteiger partial charge in [-0.05, 0) is 11.6 Å². The summed E-state index contributed by atoms with van der Waals surface area (Å²) in [5, 5.41) is -0.390. The molecule has 0 aliphatic heterocycles. The van der Waals surface area contributed by atoms with Gasteiger partial charge in [0.15, 0.2) is 0 Å². The molecule has 0 N–H and O–H groups in total. The van der Waals surface area contributed by atoms with Crippen LogP contribution in [0.15, 0.2) is 18.2 Å². The minimum Gasteiger partial charge on any atom is -0.166 e. The van der Waals surface area contributed by atoms with Crippen molar-refractivity contribution in [3.8, 4) is 0 Å². The van der Waals surface area contributed by atoms with Gasteiger partial charge in [0.05, 0.1) is 17.1 Å². The normalized spacial score (nSPS) is 11.8. The zero-order valence-corrected chi connectivity index (χ0v) is 7.15. The first-order valence-corrected chi connectivity index (χ1v) is 3.80. The molecule has 0 unspecified atom stereocenters. The van der Waals surface area contributed by atoms with Crippen molar-refractivity contribution in [2.75, 3.05) is 0 Å². The van der Waals surface area contributed by atoms with Crippen LogP contribution >= 0.6 is 11.6 Å². The largest absolute Gasteiger partial charge is 0.418 e. The highest BCUT2D eigenvalue weighted by atomic mass is 35.5. The molecule has 0 saturated carbocycles. The Labute approximate surface area is 78.3 Å². The first kappa shape index (κ1) is 10.3. The maximum atomic E-state index is 12.3. The summed E-state index contributed by atoms with van der Waals surface area (Å²) in [6.45, 7) is -0.671. The molecule has 0 heterocycles. The highest BCUT2D eigenvalue weighted by molar-refractivity contribution is 6.31. The number of alkyl halides is 3. The van der Waals surface area contributed by atoms with Crippen LogP contribution in [0.25, 0.3) is 0 Å². The van der Waals surface area contributed by atoms with Gasteiger partial charge >= 0.3 is 6.18 Å². The summed E-state index contributed by atoms with van der Waals surface area (Å²) in [4.78, 5) is 0. The second kappa shape index (κ2) is 3.55. The SMILES string of the molecule is [N]Cc1cccc(Cl)c1C(F)(F)F. The Morgan fingerprint density at radius 1 is 1.31 bits per heavy atom. The average molecular weight is 208 g/mol. The van der Waals surface area contributed by atoms with E-state index in [1.165, 1.54) is 12.1 Å². The molecule has 2 radical (unpaired) electrons. The van der Waals surface area contributed by atoms with Crippen LogP contribution in [0.3, 0.4) is 0 Å². The summed E-state index contributed by atoms with van der Waals surface area (Å²) in [7, 11) is 0. The number of hydrogen-bond donors (Lipinski definition) is 0. The van der Waals surface area contributed by atoms with Crippen molar-refractivity contribution in [1.82, 2.24) is 5.73 Å². The molecule has 0 atom stereocenters. The van der Waals surface area contributed by atoms with Gasteiger partial charge in [-0.3, -0.25) is 0 Å². The van der Waals surface area contributed by atoms with Gasteiger partial charge in [0.25, 0.3) is 0 Å². The fourth-order valence-corrected chi connectivity index (χ4v) is 1.32. The molecular formula is C8H5ClF3N. The lowest BCUT2D eigenvalue weighted by Gasteiger charge is -2.12. The van der Waals surface area contributed by atoms with E-state index in [1.807, 2.05) is 0 Å². The topological polar surface area (TPSA) is 22.3 Å². The molecule has 70 valence electrons. The van der Waals surface area contributed by atoms with Gasteiger partial charge in [0.2, 0.25) is 0 Å². The van der Waals surface area contributed by atoms with E-state index >= 15 is 0 Å². The van der Waals surface area contributed by atoms with Crippen molar-refractivity contribution in [3.05, 3.63) is 34.3 Å². The molecule has 0 aromatic heterocycles. The van der Waals surface area contributed by atoms with Crippen LogP contribution in [-0.2, 0) is 12.7 Å². The van der Waals surface area contributed by atoms with E-state index in [0.29, 0.717) is 0 Å². The standard InChI is InChI=1S/C8H5ClF3N/c9-6-3-1-2-5(4-13)7(6)8(10,11)12/h1-3H,4H2. The van der Waals surface area contributed by atoms with Crippen LogP contribution in [0.1, 0.15) is 11.1 Å². The highest BCUT2D eigenvalue weighted by Crippen LogP contribution is 2.36. The fourth-order valence-electron chi connectivity index (χ4n) is 1.02. The minimum absolute atomic E-state index is 0.208. The Kier molecular flexibility index (Phi) is 2.83. The molecule has 0 amide bonds. The van der Waals surface area contributed by atoms with Crippen molar-refractivity contribution < 1.29 is 13.2 Å². The summed E-state index contributed by atoms with van der Waals surface area (Å²) in [6.07, 6.45) is -4.52. The summed E-state index contributed by atoms with van der Waals surface area (Å²) in [6, 6.07) is 3.70. The molecular weight excluding hydrogens is 203 g/mol. The lowest BCUT2D eigenvalue weighted by molar-refractivity contribution is -0.138. The third-order valence-electron chi connectivity index (χ3n) is 1.55. The Balaban J connectivity index is 3.32. The van der Waals surface area contributed by atoms with Crippen LogP contribution in [-0.4, -0.2) is 0 Å². The second-order valence-electron chi connectivity index (χ2n) is 2.43. The van der Waals surface area contributed by atoms with Crippen molar-refractivity contribution in [2.24, 2.45) is 0 Å². The van der Waals surface area contributed by atoms with Crippen LogP contribution in [0.4, 0.5) is 13.2 Å². The van der Waals surface area contributed by atoms with Crippen LogP contribution in [0, 0.1) is 0 Å². The Bertz CT molecular complexity index is 309. The van der Waals surface area contributed by atoms with E-state index in [9.17, 15) is 13.2 Å². The lowest BCUT2D eigenvalue weighted by atomic mass is 10.1. The molecule has 13 heavy (non-hydrogen) atoms. The van der Waals surface area contributed by atoms with Gasteiger partial charge in [0.1, 0.15) is 0 Å². The zero-order chi connectivity index (χ0) is 10.1. The van der Waals surface area contributed by atoms with E-state index in [0.717, 1.165) is 6.07 Å². The first-order chi connectivity index (χ1) is 5.96. The van der Waals surface area contributed by atoms with Crippen molar-refractivity contribution in [2.45, 2.75) is 12.7 Å². The molecule has 5 heteroatoms. The van der Waals surface area contributed by atoms with Gasteiger partial charge in [0, 0.05) is 0 Å². The lowest BCUT2D eigenvalue weighted by Crippen LogP contribution is -2.10. The number of benzene rings is 1. The molecule has 1 rings (SSSR count). The van der Waals surface area contributed by atoms with E-state index in [-0.39, 0.29) is 10.6 Å². The molecule has 1 aromatic rings. The smallest absolute Gasteiger partial charge is 0.166 e. The molecule has 0 spiro atoms. The number of halogens is 4. The predicted molar refractivity (Wildman–Crippen MR) is 42.3 cm³/mol.